The zero-order chi connectivity index (χ0) is 14.4. The molecule has 0 aromatic heterocycles. The Balaban J connectivity index is 2.19. The lowest BCUT2D eigenvalue weighted by Crippen LogP contribution is -3.06. The van der Waals surface area contributed by atoms with Crippen molar-refractivity contribution in [3.63, 3.8) is 0 Å². The number of hydroxylamine groups is 2. The van der Waals surface area contributed by atoms with E-state index in [1.54, 1.807) is 0 Å². The molecule has 0 saturated carbocycles. The maximum absolute atomic E-state index is 12.7. The highest BCUT2D eigenvalue weighted by Crippen LogP contribution is 2.21. The molecule has 0 fully saturated rings. The van der Waals surface area contributed by atoms with Crippen molar-refractivity contribution in [1.29, 1.82) is 0 Å². The summed E-state index contributed by atoms with van der Waals surface area (Å²) in [7, 11) is 0. The van der Waals surface area contributed by atoms with E-state index >= 15 is 0 Å². The summed E-state index contributed by atoms with van der Waals surface area (Å²) in [6.07, 6.45) is 1.01. The smallest absolute Gasteiger partial charge is 0.116 e. The van der Waals surface area contributed by atoms with E-state index in [1.807, 2.05) is 48.5 Å². The van der Waals surface area contributed by atoms with Crippen LogP contribution in [0.5, 0.6) is 0 Å². The molecule has 0 spiro atoms. The van der Waals surface area contributed by atoms with E-state index in [-0.39, 0.29) is 6.04 Å². The first-order chi connectivity index (χ1) is 9.72. The fraction of sp³-hybridized carbons (Fsp3) is 0.333. The molecule has 0 aliphatic rings. The van der Waals surface area contributed by atoms with Gasteiger partial charge in [-0.2, -0.15) is 0 Å². The predicted molar refractivity (Wildman–Crippen MR) is 83.1 cm³/mol. The zero-order valence-electron chi connectivity index (χ0n) is 12.3. The van der Waals surface area contributed by atoms with E-state index in [0.29, 0.717) is 17.5 Å². The standard InChI is InChI=1S/C18H23NO/c1-3-15(2)18(17-12-8-5-9-13-17)19(20)14-16-10-6-4-7-11-16/h4-13,15,18-19H,3,14H2,1-2H3. The highest BCUT2D eigenvalue weighted by molar-refractivity contribution is 5.18. The maximum Gasteiger partial charge on any atom is 0.116 e. The number of quaternary nitrogens is 1. The maximum atomic E-state index is 12.7. The molecular formula is C18H23NO. The fourth-order valence-corrected chi connectivity index (χ4v) is 2.63. The molecule has 2 nitrogen and oxygen atoms in total. The van der Waals surface area contributed by atoms with E-state index in [2.05, 4.69) is 26.0 Å². The van der Waals surface area contributed by atoms with Crippen LogP contribution in [-0.2, 0) is 6.54 Å². The third-order valence-corrected chi connectivity index (χ3v) is 3.94. The van der Waals surface area contributed by atoms with Crippen LogP contribution in [-0.4, -0.2) is 0 Å². The summed E-state index contributed by atoms with van der Waals surface area (Å²) in [5.41, 5.74) is 2.24. The van der Waals surface area contributed by atoms with Crippen molar-refractivity contribution >= 4 is 0 Å². The van der Waals surface area contributed by atoms with Crippen LogP contribution in [0, 0.1) is 11.1 Å². The van der Waals surface area contributed by atoms with Crippen molar-refractivity contribution in [2.45, 2.75) is 32.9 Å². The van der Waals surface area contributed by atoms with E-state index < -0.39 is 0 Å². The van der Waals surface area contributed by atoms with Gasteiger partial charge in [-0.25, -0.2) is 0 Å². The molecule has 0 bridgehead atoms. The van der Waals surface area contributed by atoms with Crippen LogP contribution in [0.1, 0.15) is 37.4 Å². The second-order valence-corrected chi connectivity index (χ2v) is 5.40. The summed E-state index contributed by atoms with van der Waals surface area (Å²) in [6.45, 7) is 4.84. The van der Waals surface area contributed by atoms with Crippen LogP contribution in [0.3, 0.4) is 0 Å². The first-order valence-electron chi connectivity index (χ1n) is 7.34. The third-order valence-electron chi connectivity index (χ3n) is 3.94. The molecule has 2 aromatic carbocycles. The monoisotopic (exact) mass is 269 g/mol. The second-order valence-electron chi connectivity index (χ2n) is 5.40. The van der Waals surface area contributed by atoms with Crippen LogP contribution < -0.4 is 5.06 Å². The number of rotatable bonds is 6. The third kappa shape index (κ3) is 3.69. The Morgan fingerprint density at radius 1 is 0.950 bits per heavy atom. The number of hydrogen-bond acceptors (Lipinski definition) is 1. The lowest BCUT2D eigenvalue weighted by molar-refractivity contribution is -0.900. The van der Waals surface area contributed by atoms with Crippen molar-refractivity contribution in [2.24, 2.45) is 5.92 Å². The van der Waals surface area contributed by atoms with Crippen molar-refractivity contribution in [3.8, 4) is 0 Å². The van der Waals surface area contributed by atoms with Gasteiger partial charge in [-0.05, 0) is 6.42 Å². The minimum absolute atomic E-state index is 0.00130. The Labute approximate surface area is 121 Å². The molecular weight excluding hydrogens is 246 g/mol. The highest BCUT2D eigenvalue weighted by atomic mass is 16.5. The molecule has 2 rings (SSSR count). The van der Waals surface area contributed by atoms with E-state index in [4.69, 9.17) is 0 Å². The lowest BCUT2D eigenvalue weighted by Gasteiger charge is -2.35. The van der Waals surface area contributed by atoms with Crippen molar-refractivity contribution in [3.05, 3.63) is 77.0 Å². The predicted octanol–water partition coefficient (Wildman–Crippen LogP) is 3.36. The first kappa shape index (κ1) is 14.8. The lowest BCUT2D eigenvalue weighted by atomic mass is 9.92. The van der Waals surface area contributed by atoms with Gasteiger partial charge in [0.05, 0.1) is 0 Å². The second kappa shape index (κ2) is 7.22. The molecule has 0 saturated heterocycles. The Bertz CT molecular complexity index is 497. The Hall–Kier alpha value is -1.64. The summed E-state index contributed by atoms with van der Waals surface area (Å²) in [5, 5.41) is 13.0. The highest BCUT2D eigenvalue weighted by Gasteiger charge is 2.24. The number of benzene rings is 2. The Morgan fingerprint density at radius 2 is 1.50 bits per heavy atom. The molecule has 0 aliphatic heterocycles. The van der Waals surface area contributed by atoms with Gasteiger partial charge in [0.15, 0.2) is 0 Å². The van der Waals surface area contributed by atoms with Crippen molar-refractivity contribution in [1.82, 2.24) is 0 Å². The SMILES string of the molecule is CCC(C)C(c1ccccc1)[NH+]([O-])Cc1ccccc1. The molecule has 106 valence electrons. The van der Waals surface area contributed by atoms with Crippen molar-refractivity contribution < 1.29 is 5.06 Å². The summed E-state index contributed by atoms with van der Waals surface area (Å²) >= 11 is 0. The van der Waals surface area contributed by atoms with E-state index in [1.165, 1.54) is 0 Å². The van der Waals surface area contributed by atoms with Gasteiger partial charge in [0.2, 0.25) is 0 Å². The van der Waals surface area contributed by atoms with Crippen LogP contribution in [0.25, 0.3) is 0 Å². The van der Waals surface area contributed by atoms with E-state index in [0.717, 1.165) is 17.5 Å². The van der Waals surface area contributed by atoms with Crippen molar-refractivity contribution in [2.75, 3.05) is 0 Å². The van der Waals surface area contributed by atoms with E-state index in [9.17, 15) is 5.21 Å². The summed E-state index contributed by atoms with van der Waals surface area (Å²) < 4.78 is 0. The first-order valence-corrected chi connectivity index (χ1v) is 7.34. The molecule has 3 atom stereocenters. The van der Waals surface area contributed by atoms with Crippen LogP contribution in [0.2, 0.25) is 0 Å². The van der Waals surface area contributed by atoms with Crippen LogP contribution >= 0.6 is 0 Å². The van der Waals surface area contributed by atoms with Gasteiger partial charge >= 0.3 is 0 Å². The summed E-state index contributed by atoms with van der Waals surface area (Å²) in [6, 6.07) is 20.2. The molecule has 2 aromatic rings. The molecule has 20 heavy (non-hydrogen) atoms. The average Bonchev–Trinajstić information content (AvgIpc) is 2.49. The summed E-state index contributed by atoms with van der Waals surface area (Å²) in [4.78, 5) is 0. The number of nitrogens with one attached hydrogen (secondary N) is 1. The minimum atomic E-state index is 0.00130. The molecule has 0 heterocycles. The molecule has 0 aliphatic carbocycles. The molecule has 3 unspecified atom stereocenters. The van der Waals surface area contributed by atoms with Gasteiger partial charge < -0.3 is 10.3 Å². The van der Waals surface area contributed by atoms with Gasteiger partial charge in [-0.15, -0.1) is 0 Å². The van der Waals surface area contributed by atoms with Gasteiger partial charge in [-0.3, -0.25) is 0 Å². The van der Waals surface area contributed by atoms with Gasteiger partial charge in [0.25, 0.3) is 0 Å². The van der Waals surface area contributed by atoms with Gasteiger partial charge in [-0.1, -0.05) is 74.5 Å². The molecule has 0 amide bonds. The quantitative estimate of drug-likeness (QED) is 0.800. The zero-order valence-corrected chi connectivity index (χ0v) is 12.3. The molecule has 2 heteroatoms. The van der Waals surface area contributed by atoms with Crippen LogP contribution in [0.15, 0.2) is 60.7 Å². The molecule has 0 radical (unpaired) electrons. The Morgan fingerprint density at radius 3 is 2.05 bits per heavy atom. The Kier molecular flexibility index (Phi) is 5.33. The largest absolute Gasteiger partial charge is 0.634 e. The summed E-state index contributed by atoms with van der Waals surface area (Å²) in [5.74, 6) is 0.369. The topological polar surface area (TPSA) is 27.5 Å². The normalized spacial score (nSPS) is 15.6. The molecule has 1 N–H and O–H groups in total. The van der Waals surface area contributed by atoms with Gasteiger partial charge in [0, 0.05) is 17.0 Å². The van der Waals surface area contributed by atoms with Crippen LogP contribution in [0.4, 0.5) is 0 Å². The minimum Gasteiger partial charge on any atom is -0.634 e. The average molecular weight is 269 g/mol. The fourth-order valence-electron chi connectivity index (χ4n) is 2.63. The number of hydrogen-bond donors (Lipinski definition) is 1. The van der Waals surface area contributed by atoms with Gasteiger partial charge in [0.1, 0.15) is 12.6 Å².